The van der Waals surface area contributed by atoms with Crippen molar-refractivity contribution in [2.75, 3.05) is 7.11 Å². The normalized spacial score (nSPS) is 11.4. The first-order chi connectivity index (χ1) is 8.11. The highest BCUT2D eigenvalue weighted by atomic mass is 32.2. The van der Waals surface area contributed by atoms with Gasteiger partial charge in [-0.25, -0.2) is 0 Å². The molecule has 1 rings (SSSR count). The number of hydrogen-bond donors (Lipinski definition) is 2. The van der Waals surface area contributed by atoms with Crippen LogP contribution in [0.15, 0.2) is 24.3 Å². The molecule has 0 bridgehead atoms. The second kappa shape index (κ2) is 6.57. The monoisotopic (exact) mass is 287 g/mol. The van der Waals surface area contributed by atoms with Crippen LogP contribution in [0, 0.1) is 0 Å². The summed E-state index contributed by atoms with van der Waals surface area (Å²) in [6.45, 7) is 0.567. The van der Waals surface area contributed by atoms with E-state index in [9.17, 15) is 13.2 Å². The van der Waals surface area contributed by atoms with Gasteiger partial charge in [0.1, 0.15) is 5.75 Å². The summed E-state index contributed by atoms with van der Waals surface area (Å²) in [6, 6.07) is 7.74. The van der Waals surface area contributed by atoms with E-state index in [2.05, 4.69) is 0 Å². The van der Waals surface area contributed by atoms with Gasteiger partial charge in [-0.2, -0.15) is 21.6 Å². The minimum Gasteiger partial charge on any atom is -0.497 e. The maximum atomic E-state index is 10.7. The molecule has 1 aromatic rings. The van der Waals surface area contributed by atoms with E-state index in [4.69, 9.17) is 23.4 Å². The van der Waals surface area contributed by atoms with Crippen LogP contribution >= 0.6 is 0 Å². The Hall–Kier alpha value is -1.32. The Labute approximate surface area is 102 Å². The molecule has 3 N–H and O–H groups in total. The van der Waals surface area contributed by atoms with Gasteiger partial charge in [-0.1, -0.05) is 12.1 Å². The second-order valence-corrected chi connectivity index (χ2v) is 4.39. The van der Waals surface area contributed by atoms with Crippen molar-refractivity contribution in [3.63, 3.8) is 0 Å². The van der Waals surface area contributed by atoms with Gasteiger partial charge in [0, 0.05) is 6.54 Å². The number of hydrogen-bond acceptors (Lipinski definition) is 4. The molecule has 0 aliphatic heterocycles. The molecule has 0 atom stereocenters. The maximum Gasteiger partial charge on any atom is 0.522 e. The Morgan fingerprint density at radius 2 is 1.89 bits per heavy atom. The van der Waals surface area contributed by atoms with E-state index in [1.54, 1.807) is 7.11 Å². The predicted octanol–water partition coefficient (Wildman–Crippen LogP) is 1.55. The van der Waals surface area contributed by atoms with E-state index in [0.29, 0.717) is 6.54 Å². The van der Waals surface area contributed by atoms with Crippen LogP contribution in [0.1, 0.15) is 5.56 Å². The quantitative estimate of drug-likeness (QED) is 0.636. The van der Waals surface area contributed by atoms with Crippen LogP contribution < -0.4 is 10.5 Å². The van der Waals surface area contributed by atoms with Gasteiger partial charge in [0.05, 0.1) is 7.11 Å². The van der Waals surface area contributed by atoms with Crippen LogP contribution in [-0.4, -0.2) is 25.6 Å². The number of halogens is 3. The molecule has 0 saturated heterocycles. The number of ether oxygens (including phenoxy) is 1. The van der Waals surface area contributed by atoms with Crippen LogP contribution in [-0.2, 0) is 16.7 Å². The molecule has 9 heteroatoms. The van der Waals surface area contributed by atoms with E-state index < -0.39 is 15.6 Å². The number of alkyl halides is 3. The zero-order chi connectivity index (χ0) is 14.4. The summed E-state index contributed by atoms with van der Waals surface area (Å²) in [5, 5.41) is 0. The van der Waals surface area contributed by atoms with E-state index in [-0.39, 0.29) is 0 Å². The third-order valence-electron chi connectivity index (χ3n) is 1.66. The third-order valence-corrected chi connectivity index (χ3v) is 2.25. The zero-order valence-electron chi connectivity index (χ0n) is 9.31. The molecule has 104 valence electrons. The van der Waals surface area contributed by atoms with Crippen molar-refractivity contribution < 1.29 is 30.9 Å². The van der Waals surface area contributed by atoms with Gasteiger partial charge in [-0.3, -0.25) is 4.55 Å². The minimum absolute atomic E-state index is 0.567. The summed E-state index contributed by atoms with van der Waals surface area (Å²) in [6.07, 6.45) is 0. The van der Waals surface area contributed by atoms with Crippen molar-refractivity contribution in [1.82, 2.24) is 0 Å². The molecule has 0 fully saturated rings. The number of rotatable bonds is 2. The van der Waals surface area contributed by atoms with Crippen molar-refractivity contribution in [3.05, 3.63) is 29.8 Å². The van der Waals surface area contributed by atoms with Crippen LogP contribution in [0.5, 0.6) is 5.75 Å². The highest BCUT2D eigenvalue weighted by Crippen LogP contribution is 2.20. The standard InChI is InChI=1S/C8H11NO.CHF3O3S/c1-10-8-4-2-3-7(5-8)6-9;2-1(3,4)8(5,6)7/h2-5H,6,9H2,1H3;(H,5,6,7). The van der Waals surface area contributed by atoms with Crippen molar-refractivity contribution >= 4 is 10.1 Å². The summed E-state index contributed by atoms with van der Waals surface area (Å²) in [4.78, 5) is 0. The highest BCUT2D eigenvalue weighted by molar-refractivity contribution is 7.86. The van der Waals surface area contributed by atoms with Crippen LogP contribution in [0.25, 0.3) is 0 Å². The number of benzene rings is 1. The van der Waals surface area contributed by atoms with E-state index in [1.807, 2.05) is 24.3 Å². The first-order valence-corrected chi connectivity index (χ1v) is 5.92. The Morgan fingerprint density at radius 3 is 2.22 bits per heavy atom. The lowest BCUT2D eigenvalue weighted by atomic mass is 10.2. The molecular weight excluding hydrogens is 275 g/mol. The number of methoxy groups -OCH3 is 1. The Bertz CT molecular complexity index is 454. The zero-order valence-corrected chi connectivity index (χ0v) is 10.1. The van der Waals surface area contributed by atoms with Gasteiger partial charge in [-0.05, 0) is 17.7 Å². The highest BCUT2D eigenvalue weighted by Gasteiger charge is 2.44. The Morgan fingerprint density at radius 1 is 1.39 bits per heavy atom. The molecule has 0 heterocycles. The fraction of sp³-hybridized carbons (Fsp3) is 0.333. The Balaban J connectivity index is 0.000000331. The topological polar surface area (TPSA) is 89.6 Å². The van der Waals surface area contributed by atoms with Gasteiger partial charge in [-0.15, -0.1) is 0 Å². The van der Waals surface area contributed by atoms with E-state index in [1.165, 1.54) is 0 Å². The molecule has 0 unspecified atom stereocenters. The van der Waals surface area contributed by atoms with Gasteiger partial charge in [0.2, 0.25) is 0 Å². The summed E-state index contributed by atoms with van der Waals surface area (Å²) >= 11 is 0. The van der Waals surface area contributed by atoms with Crippen LogP contribution in [0.4, 0.5) is 13.2 Å². The second-order valence-electron chi connectivity index (χ2n) is 2.98. The molecule has 18 heavy (non-hydrogen) atoms. The number of nitrogens with two attached hydrogens (primary N) is 1. The lowest BCUT2D eigenvalue weighted by molar-refractivity contribution is -0.0510. The minimum atomic E-state index is -5.84. The molecule has 0 aliphatic rings. The Kier molecular flexibility index (Phi) is 6.09. The average Bonchev–Trinajstić information content (AvgIpc) is 2.27. The SMILES string of the molecule is COc1cccc(CN)c1.O=S(=O)(O)C(F)(F)F. The van der Waals surface area contributed by atoms with Gasteiger partial charge in [0.25, 0.3) is 0 Å². The van der Waals surface area contributed by atoms with Gasteiger partial charge >= 0.3 is 15.6 Å². The first kappa shape index (κ1) is 16.7. The average molecular weight is 287 g/mol. The molecule has 0 spiro atoms. The molecule has 5 nitrogen and oxygen atoms in total. The summed E-state index contributed by atoms with van der Waals surface area (Å²) in [7, 11) is -4.19. The van der Waals surface area contributed by atoms with Crippen molar-refractivity contribution in [2.24, 2.45) is 5.73 Å². The van der Waals surface area contributed by atoms with Crippen LogP contribution in [0.3, 0.4) is 0 Å². The summed E-state index contributed by atoms with van der Waals surface area (Å²) in [5.41, 5.74) is 0.980. The fourth-order valence-electron chi connectivity index (χ4n) is 0.799. The molecule has 0 aliphatic carbocycles. The molecule has 0 saturated carbocycles. The fourth-order valence-corrected chi connectivity index (χ4v) is 0.799. The van der Waals surface area contributed by atoms with Gasteiger partial charge in [0.15, 0.2) is 0 Å². The van der Waals surface area contributed by atoms with Crippen LogP contribution in [0.2, 0.25) is 0 Å². The smallest absolute Gasteiger partial charge is 0.497 e. The maximum absolute atomic E-state index is 10.7. The summed E-state index contributed by atoms with van der Waals surface area (Å²) in [5.74, 6) is 0.864. The van der Waals surface area contributed by atoms with Crippen molar-refractivity contribution in [1.29, 1.82) is 0 Å². The van der Waals surface area contributed by atoms with Crippen molar-refractivity contribution in [3.8, 4) is 5.75 Å². The van der Waals surface area contributed by atoms with Crippen molar-refractivity contribution in [2.45, 2.75) is 12.1 Å². The molecule has 0 radical (unpaired) electrons. The van der Waals surface area contributed by atoms with E-state index in [0.717, 1.165) is 11.3 Å². The van der Waals surface area contributed by atoms with Gasteiger partial charge < -0.3 is 10.5 Å². The first-order valence-electron chi connectivity index (χ1n) is 4.48. The largest absolute Gasteiger partial charge is 0.522 e. The third kappa shape index (κ3) is 5.84. The molecule has 0 amide bonds. The summed E-state index contributed by atoms with van der Waals surface area (Å²) < 4.78 is 62.5. The predicted molar refractivity (Wildman–Crippen MR) is 58.5 cm³/mol. The molecular formula is C9H12F3NO4S. The van der Waals surface area contributed by atoms with E-state index >= 15 is 0 Å². The molecule has 0 aromatic heterocycles. The lowest BCUT2D eigenvalue weighted by Gasteiger charge is -2.00. The lowest BCUT2D eigenvalue weighted by Crippen LogP contribution is -2.21. The molecule has 1 aromatic carbocycles.